The molecular weight excluding hydrogens is 1040 g/mol. The van der Waals surface area contributed by atoms with E-state index in [1.165, 1.54) is 17.7 Å². The van der Waals surface area contributed by atoms with Gasteiger partial charge in [-0.15, -0.1) is 0 Å². The summed E-state index contributed by atoms with van der Waals surface area (Å²) in [5.41, 5.74) is 19.8. The Balaban J connectivity index is 0.000000154. The van der Waals surface area contributed by atoms with Gasteiger partial charge in [-0.3, -0.25) is 4.84 Å². The molecule has 8 aliphatic carbocycles. The molecule has 0 spiro atoms. The summed E-state index contributed by atoms with van der Waals surface area (Å²) in [4.78, 5) is 36.4. The molecular formula is C60H88N6O15. The van der Waals surface area contributed by atoms with Crippen molar-refractivity contribution in [1.29, 1.82) is 0 Å². The third-order valence-corrected chi connectivity index (χ3v) is 23.1. The van der Waals surface area contributed by atoms with Crippen LogP contribution in [0, 0.1) is 45.3 Å². The fourth-order valence-corrected chi connectivity index (χ4v) is 18.5. The van der Waals surface area contributed by atoms with Crippen LogP contribution in [0.4, 0.5) is 0 Å². The lowest BCUT2D eigenvalue weighted by molar-refractivity contribution is -0.305. The molecule has 10 N–H and O–H groups in total. The first-order chi connectivity index (χ1) is 38.5. The zero-order valence-corrected chi connectivity index (χ0v) is 47.8. The Bertz CT molecular complexity index is 2770. The molecule has 21 nitrogen and oxygen atoms in total. The molecule has 0 amide bonds. The first-order valence-electron chi connectivity index (χ1n) is 29.6. The second-order valence-corrected chi connectivity index (χ2v) is 26.4. The lowest BCUT2D eigenvalue weighted by atomic mass is 9.45. The number of nitrogens with one attached hydrogen (secondary N) is 1. The number of allylic oxidation sites excluding steroid dienone is 2. The van der Waals surface area contributed by atoms with Crippen molar-refractivity contribution in [3.63, 3.8) is 0 Å². The van der Waals surface area contributed by atoms with E-state index in [1.54, 1.807) is 37.4 Å². The Kier molecular flexibility index (Phi) is 17.3. The SMILES string of the molecule is CON(C1C=C2CCC3C(CC[C@]4(C)[C@@H](c5ccc(=O)oc5)CC[C@]34O)[C@@]2(C)CC1)[C@H]1OC[C@H](N)[C@H](O)C1O.CONC1C=C2CCC3C(CC[C@]4(C)[C@@H](c5ccc(=O)oc5)CC[C@]34O)[C@@]2(C)CC1.[N-]=[N+]=N[C@H]1CO[C@@H](O)C(O)[C@H]1O. The molecule has 2 aromatic rings. The lowest BCUT2D eigenvalue weighted by Gasteiger charge is -2.62. The van der Waals surface area contributed by atoms with Gasteiger partial charge in [0.2, 0.25) is 0 Å². The van der Waals surface area contributed by atoms with Crippen molar-refractivity contribution in [2.24, 2.45) is 56.2 Å². The van der Waals surface area contributed by atoms with Crippen LogP contribution in [-0.4, -0.2) is 141 Å². The van der Waals surface area contributed by atoms with Gasteiger partial charge in [-0.1, -0.05) is 56.1 Å². The van der Waals surface area contributed by atoms with Gasteiger partial charge in [-0.2, -0.15) is 10.5 Å². The summed E-state index contributed by atoms with van der Waals surface area (Å²) in [5, 5.41) is 77.7. The van der Waals surface area contributed by atoms with Crippen molar-refractivity contribution in [1.82, 2.24) is 10.5 Å². The van der Waals surface area contributed by atoms with Gasteiger partial charge in [0, 0.05) is 27.9 Å². The van der Waals surface area contributed by atoms with Crippen LogP contribution < -0.4 is 22.5 Å². The van der Waals surface area contributed by atoms with Gasteiger partial charge >= 0.3 is 11.3 Å². The van der Waals surface area contributed by atoms with Crippen molar-refractivity contribution in [2.75, 3.05) is 27.4 Å². The highest BCUT2D eigenvalue weighted by atomic mass is 16.7. The Labute approximate surface area is 473 Å². The zero-order chi connectivity index (χ0) is 58.0. The minimum Gasteiger partial charge on any atom is -0.431 e. The van der Waals surface area contributed by atoms with Gasteiger partial charge in [0.15, 0.2) is 12.5 Å². The number of aliphatic hydroxyl groups excluding tert-OH is 5. The highest BCUT2D eigenvalue weighted by Crippen LogP contribution is 2.72. The first-order valence-corrected chi connectivity index (χ1v) is 29.6. The minimum atomic E-state index is -1.42. The molecule has 81 heavy (non-hydrogen) atoms. The van der Waals surface area contributed by atoms with E-state index in [0.29, 0.717) is 23.8 Å². The van der Waals surface area contributed by atoms with Crippen LogP contribution in [0.2, 0.25) is 0 Å². The minimum absolute atomic E-state index is 0.0125. The van der Waals surface area contributed by atoms with E-state index in [2.05, 4.69) is 60.1 Å². The summed E-state index contributed by atoms with van der Waals surface area (Å²) >= 11 is 0. The fourth-order valence-electron chi connectivity index (χ4n) is 18.5. The van der Waals surface area contributed by atoms with E-state index in [1.807, 2.05) is 12.1 Å². The van der Waals surface area contributed by atoms with Gasteiger partial charge in [-0.25, -0.2) is 9.59 Å². The van der Waals surface area contributed by atoms with Crippen LogP contribution in [0.5, 0.6) is 0 Å². The fraction of sp³-hybridized carbons (Fsp3) is 0.767. The lowest BCUT2D eigenvalue weighted by Crippen LogP contribution is -2.63. The molecule has 10 aliphatic rings. The average Bonchev–Trinajstić information content (AvgIpc) is 4.09. The number of nitrogens with zero attached hydrogens (tertiary/aromatic N) is 4. The number of fused-ring (bicyclic) bond motifs is 10. The summed E-state index contributed by atoms with van der Waals surface area (Å²) in [6.07, 6.45) is 16.4. The molecule has 6 saturated carbocycles. The third-order valence-electron chi connectivity index (χ3n) is 23.1. The average molecular weight is 1130 g/mol. The molecule has 21 heteroatoms. The molecule has 0 aromatic carbocycles. The van der Waals surface area contributed by atoms with Gasteiger partial charge in [0.05, 0.1) is 81.4 Å². The molecule has 8 fully saturated rings. The number of aliphatic hydroxyl groups is 7. The van der Waals surface area contributed by atoms with E-state index >= 15 is 0 Å². The van der Waals surface area contributed by atoms with Crippen LogP contribution in [-0.2, 0) is 19.1 Å². The largest absolute Gasteiger partial charge is 0.431 e. The van der Waals surface area contributed by atoms with Crippen molar-refractivity contribution in [3.05, 3.63) is 103 Å². The maximum Gasteiger partial charge on any atom is 0.335 e. The Morgan fingerprint density at radius 2 is 1.20 bits per heavy atom. The van der Waals surface area contributed by atoms with Gasteiger partial charge in [0.25, 0.3) is 0 Å². The number of hydrogen-bond donors (Lipinski definition) is 9. The van der Waals surface area contributed by atoms with Crippen LogP contribution in [0.25, 0.3) is 10.4 Å². The molecule has 4 heterocycles. The van der Waals surface area contributed by atoms with E-state index < -0.39 is 60.2 Å². The molecule has 0 bridgehead atoms. The highest BCUT2D eigenvalue weighted by Gasteiger charge is 2.68. The highest BCUT2D eigenvalue weighted by molar-refractivity contribution is 5.33. The van der Waals surface area contributed by atoms with Crippen molar-refractivity contribution >= 4 is 0 Å². The van der Waals surface area contributed by atoms with Crippen LogP contribution in [0.1, 0.15) is 153 Å². The second kappa shape index (κ2) is 23.2. The standard InChI is InChI=1S/C30H44N2O7.C25H35NO4.C5H9N3O4/c1-28-11-8-19(32(37-3)27-26(35)25(34)23(31)16-39-27)14-18(28)5-6-22-21(28)9-12-29(2)20(10-13-30(22,29)36)17-4-7-24(33)38-15-17;1-23-11-8-18(26-29-3)14-17(23)5-6-21-20(23)9-12-24(2)19(10-13-25(21,24)28)16-4-7-22(27)30-15-16;6-8-7-2-1-12-5(11)4(10)3(2)9/h4,7,14-15,19-23,25-27,34-36H,5-6,8-13,16,31H2,1-3H3;4,7,14-15,18-21,26,28H,5-6,8-13H2,1-3H3;2-5,9-11H,1H2/t19?,20-,21?,22?,23+,25+,26?,27+,28+,29-,30+;18?,19-,20?,21?,23+,24-,25+;2-,3-,4?,5+/m110/s1. The summed E-state index contributed by atoms with van der Waals surface area (Å²) < 4.78 is 20.8. The normalized spacial score (nSPS) is 46.0. The van der Waals surface area contributed by atoms with Crippen LogP contribution in [0.15, 0.2) is 83.6 Å². The molecule has 12 rings (SSSR count). The maximum atomic E-state index is 12.5. The quantitative estimate of drug-likeness (QED) is 0.0518. The summed E-state index contributed by atoms with van der Waals surface area (Å²) in [7, 11) is 3.27. The van der Waals surface area contributed by atoms with E-state index in [0.717, 1.165) is 114 Å². The predicted octanol–water partition coefficient (Wildman–Crippen LogP) is 5.49. The molecule has 448 valence electrons. The number of azide groups is 1. The Hall–Kier alpha value is -3.87. The van der Waals surface area contributed by atoms with E-state index in [9.17, 15) is 35.1 Å². The Morgan fingerprint density at radius 1 is 0.654 bits per heavy atom. The predicted molar refractivity (Wildman–Crippen MR) is 295 cm³/mol. The van der Waals surface area contributed by atoms with Gasteiger partial charge in [0.1, 0.15) is 18.3 Å². The summed E-state index contributed by atoms with van der Waals surface area (Å²) in [6, 6.07) is 5.55. The van der Waals surface area contributed by atoms with Crippen molar-refractivity contribution < 1.29 is 63.7 Å². The molecule has 2 aromatic heterocycles. The first kappa shape index (κ1) is 60.3. The number of ether oxygens (including phenoxy) is 2. The number of rotatable bonds is 8. The van der Waals surface area contributed by atoms with Crippen LogP contribution in [0.3, 0.4) is 0 Å². The van der Waals surface area contributed by atoms with Crippen molar-refractivity contribution in [3.8, 4) is 0 Å². The molecule has 2 aliphatic heterocycles. The second-order valence-electron chi connectivity index (χ2n) is 26.4. The smallest absolute Gasteiger partial charge is 0.335 e. The number of hydrogen-bond acceptors (Lipinski definition) is 19. The van der Waals surface area contributed by atoms with Crippen LogP contribution >= 0.6 is 0 Å². The maximum absolute atomic E-state index is 12.5. The van der Waals surface area contributed by atoms with Gasteiger partial charge < -0.3 is 64.6 Å². The molecule has 2 saturated heterocycles. The summed E-state index contributed by atoms with van der Waals surface area (Å²) in [6.45, 7) is 9.43. The van der Waals surface area contributed by atoms with E-state index in [-0.39, 0.29) is 69.9 Å². The van der Waals surface area contributed by atoms with Gasteiger partial charge in [-0.05, 0) is 178 Å². The zero-order valence-electron chi connectivity index (χ0n) is 47.8. The topological polar surface area (TPSA) is 329 Å². The van der Waals surface area contributed by atoms with Crippen molar-refractivity contribution in [2.45, 2.75) is 215 Å². The molecule has 22 atom stereocenters. The van der Waals surface area contributed by atoms with E-state index in [4.69, 9.17) is 44.7 Å². The summed E-state index contributed by atoms with van der Waals surface area (Å²) in [5.74, 6) is 1.90. The number of nitrogens with two attached hydrogens (primary N) is 1. The third kappa shape index (κ3) is 10.2. The number of hydroxylamine groups is 3. The molecule has 0 radical (unpaired) electrons. The molecule has 8 unspecified atom stereocenters. The monoisotopic (exact) mass is 1130 g/mol. The Morgan fingerprint density at radius 3 is 1.70 bits per heavy atom.